The van der Waals surface area contributed by atoms with Gasteiger partial charge < -0.3 is 10.1 Å². The fourth-order valence-corrected chi connectivity index (χ4v) is 2.49. The summed E-state index contributed by atoms with van der Waals surface area (Å²) in [6.07, 6.45) is 4.17. The van der Waals surface area contributed by atoms with Crippen molar-refractivity contribution in [1.82, 2.24) is 10.2 Å². The van der Waals surface area contributed by atoms with E-state index < -0.39 is 0 Å². The van der Waals surface area contributed by atoms with E-state index in [1.165, 1.54) is 12.8 Å². The Kier molecular flexibility index (Phi) is 7.87. The minimum absolute atomic E-state index is 0.459. The first-order chi connectivity index (χ1) is 8.63. The predicted octanol–water partition coefficient (Wildman–Crippen LogP) is 2.51. The van der Waals surface area contributed by atoms with Gasteiger partial charge in [0.05, 0.1) is 12.7 Å². The fourth-order valence-electron chi connectivity index (χ4n) is 2.49. The van der Waals surface area contributed by atoms with Gasteiger partial charge >= 0.3 is 0 Å². The molecule has 1 aliphatic rings. The molecule has 18 heavy (non-hydrogen) atoms. The summed E-state index contributed by atoms with van der Waals surface area (Å²) in [5.74, 6) is 0.756. The van der Waals surface area contributed by atoms with Crippen molar-refractivity contribution >= 4 is 0 Å². The zero-order valence-corrected chi connectivity index (χ0v) is 12.7. The van der Waals surface area contributed by atoms with Gasteiger partial charge in [-0.15, -0.1) is 0 Å². The van der Waals surface area contributed by atoms with Crippen LogP contribution < -0.4 is 5.32 Å². The van der Waals surface area contributed by atoms with E-state index >= 15 is 0 Å². The third-order valence-electron chi connectivity index (χ3n) is 3.78. The molecule has 0 aromatic heterocycles. The predicted molar refractivity (Wildman–Crippen MR) is 78.0 cm³/mol. The van der Waals surface area contributed by atoms with Crippen LogP contribution in [0.25, 0.3) is 0 Å². The monoisotopic (exact) mass is 256 g/mol. The Morgan fingerprint density at radius 1 is 1.33 bits per heavy atom. The van der Waals surface area contributed by atoms with Gasteiger partial charge in [-0.1, -0.05) is 20.8 Å². The summed E-state index contributed by atoms with van der Waals surface area (Å²) in [7, 11) is 0. The van der Waals surface area contributed by atoms with E-state index in [4.69, 9.17) is 4.74 Å². The van der Waals surface area contributed by atoms with E-state index in [1.807, 2.05) is 0 Å². The first kappa shape index (κ1) is 15.9. The molecule has 1 fully saturated rings. The Morgan fingerprint density at radius 2 is 2.11 bits per heavy atom. The smallest absolute Gasteiger partial charge is 0.0700 e. The fraction of sp³-hybridized carbons (Fsp3) is 1.00. The standard InChI is InChI=1S/C15H32N2O/c1-5-15-12-17(9-10-18-15)14(4)7-6-8-16-11-13(2)3/h13-16H,5-12H2,1-4H3. The maximum absolute atomic E-state index is 5.72. The summed E-state index contributed by atoms with van der Waals surface area (Å²) in [5, 5.41) is 3.52. The highest BCUT2D eigenvalue weighted by atomic mass is 16.5. The van der Waals surface area contributed by atoms with Crippen LogP contribution in [-0.2, 0) is 4.74 Å². The summed E-state index contributed by atoms with van der Waals surface area (Å²) < 4.78 is 5.72. The topological polar surface area (TPSA) is 24.5 Å². The molecule has 1 saturated heterocycles. The van der Waals surface area contributed by atoms with Crippen molar-refractivity contribution in [1.29, 1.82) is 0 Å². The van der Waals surface area contributed by atoms with Crippen LogP contribution in [-0.4, -0.2) is 49.8 Å². The van der Waals surface area contributed by atoms with Gasteiger partial charge in [0.1, 0.15) is 0 Å². The zero-order valence-electron chi connectivity index (χ0n) is 12.7. The SMILES string of the molecule is CCC1CN(C(C)CCCNCC(C)C)CCO1. The first-order valence-electron chi connectivity index (χ1n) is 7.69. The third-order valence-corrected chi connectivity index (χ3v) is 3.78. The summed E-state index contributed by atoms with van der Waals surface area (Å²) in [6.45, 7) is 14.5. The molecule has 108 valence electrons. The molecule has 1 aliphatic heterocycles. The molecule has 0 saturated carbocycles. The van der Waals surface area contributed by atoms with E-state index in [1.54, 1.807) is 0 Å². The number of nitrogens with one attached hydrogen (secondary N) is 1. The summed E-state index contributed by atoms with van der Waals surface area (Å²) in [4.78, 5) is 2.60. The molecule has 0 bridgehead atoms. The first-order valence-corrected chi connectivity index (χ1v) is 7.69. The van der Waals surface area contributed by atoms with Crippen LogP contribution in [0.4, 0.5) is 0 Å². The van der Waals surface area contributed by atoms with Crippen LogP contribution in [0, 0.1) is 5.92 Å². The van der Waals surface area contributed by atoms with Crippen LogP contribution in [0.15, 0.2) is 0 Å². The summed E-state index contributed by atoms with van der Waals surface area (Å²) in [6, 6.07) is 0.698. The van der Waals surface area contributed by atoms with Crippen LogP contribution in [0.3, 0.4) is 0 Å². The molecule has 0 aromatic rings. The van der Waals surface area contributed by atoms with E-state index in [-0.39, 0.29) is 0 Å². The lowest BCUT2D eigenvalue weighted by molar-refractivity contribution is -0.0431. The second-order valence-corrected chi connectivity index (χ2v) is 5.99. The van der Waals surface area contributed by atoms with Gasteiger partial charge in [-0.25, -0.2) is 0 Å². The number of morpholine rings is 1. The van der Waals surface area contributed by atoms with Gasteiger partial charge in [0.25, 0.3) is 0 Å². The number of hydrogen-bond acceptors (Lipinski definition) is 3. The maximum atomic E-state index is 5.72. The van der Waals surface area contributed by atoms with Crippen molar-refractivity contribution in [3.05, 3.63) is 0 Å². The largest absolute Gasteiger partial charge is 0.376 e. The molecular weight excluding hydrogens is 224 g/mol. The molecule has 1 N–H and O–H groups in total. The Morgan fingerprint density at radius 3 is 2.78 bits per heavy atom. The Hall–Kier alpha value is -0.120. The highest BCUT2D eigenvalue weighted by molar-refractivity contribution is 4.75. The molecule has 0 aliphatic carbocycles. The lowest BCUT2D eigenvalue weighted by atomic mass is 10.1. The maximum Gasteiger partial charge on any atom is 0.0700 e. The molecule has 1 heterocycles. The number of rotatable bonds is 8. The van der Waals surface area contributed by atoms with Gasteiger partial charge in [-0.2, -0.15) is 0 Å². The number of hydrogen-bond donors (Lipinski definition) is 1. The van der Waals surface area contributed by atoms with E-state index in [0.717, 1.165) is 45.1 Å². The van der Waals surface area contributed by atoms with Crippen LogP contribution >= 0.6 is 0 Å². The van der Waals surface area contributed by atoms with Crippen LogP contribution in [0.5, 0.6) is 0 Å². The molecule has 0 spiro atoms. The third kappa shape index (κ3) is 6.17. The molecule has 0 aromatic carbocycles. The van der Waals surface area contributed by atoms with E-state index in [2.05, 4.69) is 37.9 Å². The molecule has 3 nitrogen and oxygen atoms in total. The highest BCUT2D eigenvalue weighted by Gasteiger charge is 2.22. The van der Waals surface area contributed by atoms with E-state index in [9.17, 15) is 0 Å². The minimum Gasteiger partial charge on any atom is -0.376 e. The van der Waals surface area contributed by atoms with Gasteiger partial charge in [0, 0.05) is 19.1 Å². The van der Waals surface area contributed by atoms with Crippen molar-refractivity contribution < 1.29 is 4.74 Å². The molecule has 3 heteroatoms. The number of nitrogens with zero attached hydrogens (tertiary/aromatic N) is 1. The quantitative estimate of drug-likeness (QED) is 0.675. The van der Waals surface area contributed by atoms with Crippen molar-refractivity contribution in [3.63, 3.8) is 0 Å². The van der Waals surface area contributed by atoms with Crippen molar-refractivity contribution in [3.8, 4) is 0 Å². The average Bonchev–Trinajstić information content (AvgIpc) is 2.37. The lowest BCUT2D eigenvalue weighted by Gasteiger charge is -2.36. The second kappa shape index (κ2) is 8.89. The molecule has 0 amide bonds. The Balaban J connectivity index is 2.10. The molecule has 0 radical (unpaired) electrons. The van der Waals surface area contributed by atoms with E-state index in [0.29, 0.717) is 12.1 Å². The van der Waals surface area contributed by atoms with Crippen LogP contribution in [0.1, 0.15) is 47.0 Å². The lowest BCUT2D eigenvalue weighted by Crippen LogP contribution is -2.46. The van der Waals surface area contributed by atoms with Crippen molar-refractivity contribution in [2.75, 3.05) is 32.8 Å². The molecule has 2 atom stereocenters. The Bertz CT molecular complexity index is 209. The molecule has 2 unspecified atom stereocenters. The zero-order chi connectivity index (χ0) is 13.4. The van der Waals surface area contributed by atoms with Gasteiger partial charge in [-0.05, 0) is 45.2 Å². The van der Waals surface area contributed by atoms with Crippen LogP contribution in [0.2, 0.25) is 0 Å². The summed E-state index contributed by atoms with van der Waals surface area (Å²) in [5.41, 5.74) is 0. The minimum atomic E-state index is 0.459. The van der Waals surface area contributed by atoms with Crippen molar-refractivity contribution in [2.24, 2.45) is 5.92 Å². The van der Waals surface area contributed by atoms with Gasteiger partial charge in [0.15, 0.2) is 0 Å². The second-order valence-electron chi connectivity index (χ2n) is 5.99. The molecular formula is C15H32N2O. The summed E-state index contributed by atoms with van der Waals surface area (Å²) >= 11 is 0. The number of ether oxygens (including phenoxy) is 1. The van der Waals surface area contributed by atoms with Gasteiger partial charge in [-0.3, -0.25) is 4.90 Å². The highest BCUT2D eigenvalue weighted by Crippen LogP contribution is 2.14. The molecule has 1 rings (SSSR count). The average molecular weight is 256 g/mol. The Labute approximate surface area is 113 Å². The van der Waals surface area contributed by atoms with Gasteiger partial charge in [0.2, 0.25) is 0 Å². The normalized spacial score (nSPS) is 23.5. The van der Waals surface area contributed by atoms with Crippen molar-refractivity contribution in [2.45, 2.75) is 59.1 Å².